The van der Waals surface area contributed by atoms with E-state index in [0.717, 1.165) is 28.6 Å². The van der Waals surface area contributed by atoms with E-state index in [4.69, 9.17) is 9.47 Å². The molecule has 0 N–H and O–H groups in total. The third kappa shape index (κ3) is 5.15. The summed E-state index contributed by atoms with van der Waals surface area (Å²) < 4.78 is 11.9. The highest BCUT2D eigenvalue weighted by molar-refractivity contribution is 9.10. The van der Waals surface area contributed by atoms with Gasteiger partial charge in [-0.15, -0.1) is 0 Å². The van der Waals surface area contributed by atoms with Crippen LogP contribution >= 0.6 is 27.7 Å². The zero-order valence-corrected chi connectivity index (χ0v) is 21.6. The van der Waals surface area contributed by atoms with E-state index in [2.05, 4.69) is 22.0 Å². The van der Waals surface area contributed by atoms with Gasteiger partial charge in [0.25, 0.3) is 11.1 Å². The largest absolute Gasteiger partial charge is 0.493 e. The van der Waals surface area contributed by atoms with Crippen LogP contribution in [-0.4, -0.2) is 53.2 Å². The predicted octanol–water partition coefficient (Wildman–Crippen LogP) is 4.87. The number of halogens is 1. The van der Waals surface area contributed by atoms with Gasteiger partial charge >= 0.3 is 0 Å². The molecule has 178 valence electrons. The Morgan fingerprint density at radius 3 is 2.65 bits per heavy atom. The Bertz CT molecular complexity index is 1180. The predicted molar refractivity (Wildman–Crippen MR) is 135 cm³/mol. The van der Waals surface area contributed by atoms with Crippen molar-refractivity contribution in [3.63, 3.8) is 0 Å². The molecule has 0 bridgehead atoms. The van der Waals surface area contributed by atoms with Crippen LogP contribution in [0.25, 0.3) is 6.08 Å². The first kappa shape index (κ1) is 24.3. The molecule has 34 heavy (non-hydrogen) atoms. The average Bonchev–Trinajstić information content (AvgIpc) is 3.07. The summed E-state index contributed by atoms with van der Waals surface area (Å²) in [5.74, 6) is 0.363. The lowest BCUT2D eigenvalue weighted by molar-refractivity contribution is -0.136. The van der Waals surface area contributed by atoms with E-state index in [0.29, 0.717) is 34.6 Å². The van der Waals surface area contributed by atoms with Gasteiger partial charge in [-0.1, -0.05) is 24.3 Å². The van der Waals surface area contributed by atoms with Gasteiger partial charge in [-0.25, -0.2) is 0 Å². The smallest absolute Gasteiger partial charge is 0.294 e. The van der Waals surface area contributed by atoms with Crippen LogP contribution < -0.4 is 9.47 Å². The van der Waals surface area contributed by atoms with Gasteiger partial charge in [0.1, 0.15) is 6.54 Å². The number of nitrogens with zero attached hydrogens (tertiary/aromatic N) is 2. The molecule has 0 aromatic heterocycles. The summed E-state index contributed by atoms with van der Waals surface area (Å²) in [5.41, 5.74) is 3.00. The number of benzene rings is 2. The van der Waals surface area contributed by atoms with E-state index < -0.39 is 11.1 Å². The maximum absolute atomic E-state index is 13.0. The van der Waals surface area contributed by atoms with Crippen molar-refractivity contribution >= 4 is 50.8 Å². The number of hydrogen-bond donors (Lipinski definition) is 0. The zero-order valence-electron chi connectivity index (χ0n) is 19.2. The summed E-state index contributed by atoms with van der Waals surface area (Å²) in [5, 5.41) is -0.451. The van der Waals surface area contributed by atoms with Crippen molar-refractivity contribution in [3.05, 3.63) is 62.5 Å². The van der Waals surface area contributed by atoms with Crippen molar-refractivity contribution in [1.82, 2.24) is 9.80 Å². The van der Waals surface area contributed by atoms with E-state index in [1.165, 1.54) is 12.7 Å². The fourth-order valence-corrected chi connectivity index (χ4v) is 5.30. The number of amides is 3. The van der Waals surface area contributed by atoms with Crippen LogP contribution in [0, 0.1) is 0 Å². The topological polar surface area (TPSA) is 76.2 Å². The Kier molecular flexibility index (Phi) is 7.33. The van der Waals surface area contributed by atoms with Gasteiger partial charge in [-0.2, -0.15) is 0 Å². The van der Waals surface area contributed by atoms with Gasteiger partial charge in [0.05, 0.1) is 22.6 Å². The van der Waals surface area contributed by atoms with E-state index in [-0.39, 0.29) is 23.5 Å². The number of fused-ring (bicyclic) bond motifs is 1. The second-order valence-corrected chi connectivity index (χ2v) is 10.2. The van der Waals surface area contributed by atoms with E-state index in [1.54, 1.807) is 23.1 Å². The maximum atomic E-state index is 13.0. The maximum Gasteiger partial charge on any atom is 0.294 e. The minimum absolute atomic E-state index is 0.0431. The Labute approximate surface area is 211 Å². The monoisotopic (exact) mass is 544 g/mol. The number of methoxy groups -OCH3 is 1. The molecule has 3 amide bonds. The minimum atomic E-state index is -0.474. The number of carbonyl (C=O) groups is 3. The molecule has 2 aliphatic heterocycles. The number of thioether (sulfide) groups is 1. The van der Waals surface area contributed by atoms with Gasteiger partial charge < -0.3 is 14.4 Å². The number of ether oxygens (including phenoxy) is 2. The van der Waals surface area contributed by atoms with Gasteiger partial charge in [-0.3, -0.25) is 19.3 Å². The van der Waals surface area contributed by atoms with Crippen LogP contribution in [0.5, 0.6) is 11.5 Å². The fourth-order valence-electron chi connectivity index (χ4n) is 3.90. The summed E-state index contributed by atoms with van der Waals surface area (Å²) in [6.45, 7) is 4.62. The van der Waals surface area contributed by atoms with Gasteiger partial charge in [-0.05, 0) is 82.9 Å². The molecule has 0 spiro atoms. The normalized spacial score (nSPS) is 16.9. The van der Waals surface area contributed by atoms with Crippen LogP contribution in [0.1, 0.15) is 30.5 Å². The summed E-state index contributed by atoms with van der Waals surface area (Å²) >= 11 is 4.32. The third-order valence-corrected chi connectivity index (χ3v) is 7.05. The van der Waals surface area contributed by atoms with Crippen molar-refractivity contribution in [2.45, 2.75) is 32.9 Å². The van der Waals surface area contributed by atoms with Crippen molar-refractivity contribution in [1.29, 1.82) is 0 Å². The average molecular weight is 545 g/mol. The molecule has 2 aromatic carbocycles. The van der Waals surface area contributed by atoms with Crippen molar-refractivity contribution in [3.8, 4) is 11.5 Å². The molecular formula is C25H25BrN2O5S. The molecule has 0 radical (unpaired) electrons. The molecule has 9 heteroatoms. The highest BCUT2D eigenvalue weighted by atomic mass is 79.9. The van der Waals surface area contributed by atoms with Crippen LogP contribution in [-0.2, 0) is 22.6 Å². The first-order valence-corrected chi connectivity index (χ1v) is 12.5. The molecule has 2 aliphatic rings. The summed E-state index contributed by atoms with van der Waals surface area (Å²) in [7, 11) is 1.54. The fraction of sp³-hybridized carbons (Fsp3) is 0.320. The highest BCUT2D eigenvalue weighted by Crippen LogP contribution is 2.39. The van der Waals surface area contributed by atoms with Gasteiger partial charge in [0, 0.05) is 13.1 Å². The van der Waals surface area contributed by atoms with Crippen molar-refractivity contribution < 1.29 is 23.9 Å². The molecule has 7 nitrogen and oxygen atoms in total. The molecule has 0 aliphatic carbocycles. The van der Waals surface area contributed by atoms with E-state index in [9.17, 15) is 14.4 Å². The molecule has 1 saturated heterocycles. The highest BCUT2D eigenvalue weighted by Gasteiger charge is 2.37. The number of hydrogen-bond acceptors (Lipinski definition) is 6. The lowest BCUT2D eigenvalue weighted by Crippen LogP contribution is -2.44. The van der Waals surface area contributed by atoms with Crippen LogP contribution in [0.3, 0.4) is 0 Å². The van der Waals surface area contributed by atoms with Crippen molar-refractivity contribution in [2.75, 3.05) is 20.2 Å². The standard InChI is InChI=1S/C25H25BrN2O5S/c1-15(2)33-23-19(26)10-16(11-20(23)32-3)12-21-24(30)28(25(31)34-21)14-22(29)27-9-8-17-6-4-5-7-18(17)13-27/h4-7,10-12,15H,8-9,13-14H2,1-3H3/b21-12-. The van der Waals surface area contributed by atoms with Gasteiger partial charge in [0.2, 0.25) is 5.91 Å². The number of imide groups is 1. The van der Waals surface area contributed by atoms with Crippen LogP contribution in [0.15, 0.2) is 45.8 Å². The van der Waals surface area contributed by atoms with E-state index >= 15 is 0 Å². The zero-order chi connectivity index (χ0) is 24.4. The molecule has 0 unspecified atom stereocenters. The molecule has 1 fully saturated rings. The Morgan fingerprint density at radius 1 is 1.21 bits per heavy atom. The Hall–Kier alpha value is -2.78. The Morgan fingerprint density at radius 2 is 1.94 bits per heavy atom. The second kappa shape index (κ2) is 10.2. The SMILES string of the molecule is COc1cc(/C=C2\SC(=O)N(CC(=O)N3CCc4ccccc4C3)C2=O)cc(Br)c1OC(C)C. The Balaban J connectivity index is 1.49. The number of rotatable bonds is 6. The molecule has 2 heterocycles. The quantitative estimate of drug-likeness (QED) is 0.483. The lowest BCUT2D eigenvalue weighted by atomic mass is 10.00. The summed E-state index contributed by atoms with van der Waals surface area (Å²) in [4.78, 5) is 41.4. The summed E-state index contributed by atoms with van der Waals surface area (Å²) in [6, 6.07) is 11.5. The van der Waals surface area contributed by atoms with E-state index in [1.807, 2.05) is 32.0 Å². The lowest BCUT2D eigenvalue weighted by Gasteiger charge is -2.29. The first-order valence-electron chi connectivity index (χ1n) is 10.9. The second-order valence-electron chi connectivity index (χ2n) is 8.30. The molecule has 2 aromatic rings. The molecule has 4 rings (SSSR count). The number of carbonyl (C=O) groups excluding carboxylic acids is 3. The van der Waals surface area contributed by atoms with Crippen molar-refractivity contribution in [2.24, 2.45) is 0 Å². The molecule has 0 atom stereocenters. The molecule has 0 saturated carbocycles. The van der Waals surface area contributed by atoms with Crippen LogP contribution in [0.4, 0.5) is 4.79 Å². The van der Waals surface area contributed by atoms with Gasteiger partial charge in [0.15, 0.2) is 11.5 Å². The molecular weight excluding hydrogens is 520 g/mol. The first-order chi connectivity index (χ1) is 16.3. The minimum Gasteiger partial charge on any atom is -0.493 e. The summed E-state index contributed by atoms with van der Waals surface area (Å²) in [6.07, 6.45) is 2.34. The van der Waals surface area contributed by atoms with Crippen LogP contribution in [0.2, 0.25) is 0 Å². The third-order valence-electron chi connectivity index (χ3n) is 5.55.